The van der Waals surface area contributed by atoms with Gasteiger partial charge in [-0.25, -0.2) is 4.79 Å². The van der Waals surface area contributed by atoms with Gasteiger partial charge in [0.25, 0.3) is 0 Å². The van der Waals surface area contributed by atoms with Crippen molar-refractivity contribution in [3.05, 3.63) is 29.8 Å². The number of nitrogens with zero attached hydrogens (tertiary/aromatic N) is 3. The first-order valence-electron chi connectivity index (χ1n) is 8.95. The van der Waals surface area contributed by atoms with E-state index < -0.39 is 0 Å². The summed E-state index contributed by atoms with van der Waals surface area (Å²) in [5.74, 6) is -0.118. The molecule has 138 valence electrons. The number of rotatable bonds is 6. The molecule has 0 aromatic heterocycles. The van der Waals surface area contributed by atoms with E-state index in [9.17, 15) is 9.59 Å². The molecule has 1 aliphatic heterocycles. The predicted octanol–water partition coefficient (Wildman–Crippen LogP) is 1.85. The summed E-state index contributed by atoms with van der Waals surface area (Å²) in [6.45, 7) is 10.8. The first-order valence-corrected chi connectivity index (χ1v) is 8.95. The molecule has 1 aliphatic rings. The lowest BCUT2D eigenvalue weighted by Gasteiger charge is -2.41. The summed E-state index contributed by atoms with van der Waals surface area (Å²) in [7, 11) is 1.39. The minimum atomic E-state index is -0.320. The molecule has 2 rings (SSSR count). The van der Waals surface area contributed by atoms with Gasteiger partial charge in [0.2, 0.25) is 5.91 Å². The highest BCUT2D eigenvalue weighted by Gasteiger charge is 2.26. The van der Waals surface area contributed by atoms with Crippen LogP contribution < -0.4 is 4.90 Å². The van der Waals surface area contributed by atoms with Gasteiger partial charge in [0, 0.05) is 44.5 Å². The number of benzene rings is 1. The molecule has 0 saturated carbocycles. The fourth-order valence-corrected chi connectivity index (χ4v) is 3.24. The van der Waals surface area contributed by atoms with Crippen LogP contribution >= 0.6 is 0 Å². The topological polar surface area (TPSA) is 53.1 Å². The van der Waals surface area contributed by atoms with Gasteiger partial charge in [0.15, 0.2) is 0 Å². The Morgan fingerprint density at radius 3 is 2.32 bits per heavy atom. The Hall–Kier alpha value is -2.08. The highest BCUT2D eigenvalue weighted by Crippen LogP contribution is 2.20. The second kappa shape index (κ2) is 8.85. The molecular formula is C19H29N3O3. The molecule has 25 heavy (non-hydrogen) atoms. The quantitative estimate of drug-likeness (QED) is 0.735. The van der Waals surface area contributed by atoms with Crippen molar-refractivity contribution in [1.82, 2.24) is 9.80 Å². The summed E-state index contributed by atoms with van der Waals surface area (Å²) >= 11 is 0. The van der Waals surface area contributed by atoms with Crippen LogP contribution in [0.1, 0.15) is 31.1 Å². The van der Waals surface area contributed by atoms with Gasteiger partial charge in [0.05, 0.1) is 19.2 Å². The monoisotopic (exact) mass is 347 g/mol. The number of carbonyl (C=O) groups excluding carboxylic acids is 2. The van der Waals surface area contributed by atoms with Crippen LogP contribution in [0.5, 0.6) is 0 Å². The van der Waals surface area contributed by atoms with Gasteiger partial charge in [-0.2, -0.15) is 0 Å². The highest BCUT2D eigenvalue weighted by atomic mass is 16.5. The zero-order valence-corrected chi connectivity index (χ0v) is 15.7. The summed E-state index contributed by atoms with van der Waals surface area (Å²) in [5, 5.41) is 0. The lowest BCUT2D eigenvalue weighted by atomic mass is 10.1. The Balaban J connectivity index is 1.94. The Kier molecular flexibility index (Phi) is 6.82. The lowest BCUT2D eigenvalue weighted by Crippen LogP contribution is -2.54. The van der Waals surface area contributed by atoms with Crippen molar-refractivity contribution < 1.29 is 14.3 Å². The maximum atomic E-state index is 12.3. The number of amides is 1. The summed E-state index contributed by atoms with van der Waals surface area (Å²) in [4.78, 5) is 30.3. The fraction of sp³-hybridized carbons (Fsp3) is 0.579. The van der Waals surface area contributed by atoms with Crippen LogP contribution in [-0.2, 0) is 9.53 Å². The normalized spacial score (nSPS) is 18.1. The molecule has 1 amide bonds. The van der Waals surface area contributed by atoms with Gasteiger partial charge < -0.3 is 14.5 Å². The minimum Gasteiger partial charge on any atom is -0.465 e. The highest BCUT2D eigenvalue weighted by molar-refractivity contribution is 5.89. The minimum absolute atomic E-state index is 0.202. The standard InChI is InChI=1S/C19H29N3O3/c1-5-20(6-2)18(23)14-21-11-12-22(13-15(21)3)17-9-7-16(8-10-17)19(24)25-4/h7-10,15H,5-6,11-14H2,1-4H3. The van der Waals surface area contributed by atoms with E-state index in [0.717, 1.165) is 38.4 Å². The number of likely N-dealkylation sites (N-methyl/N-ethyl adjacent to an activating group) is 1. The van der Waals surface area contributed by atoms with Crippen molar-refractivity contribution in [2.24, 2.45) is 0 Å². The van der Waals surface area contributed by atoms with Crippen molar-refractivity contribution in [1.29, 1.82) is 0 Å². The summed E-state index contributed by atoms with van der Waals surface area (Å²) in [6, 6.07) is 7.80. The molecule has 1 atom stereocenters. The average molecular weight is 347 g/mol. The third-order valence-corrected chi connectivity index (χ3v) is 4.87. The molecular weight excluding hydrogens is 318 g/mol. The number of esters is 1. The Labute approximate surface area is 150 Å². The summed E-state index contributed by atoms with van der Waals surface area (Å²) < 4.78 is 4.73. The van der Waals surface area contributed by atoms with Crippen LogP contribution in [0.2, 0.25) is 0 Å². The molecule has 1 aromatic carbocycles. The SMILES string of the molecule is CCN(CC)C(=O)CN1CCN(c2ccc(C(=O)OC)cc2)CC1C. The van der Waals surface area contributed by atoms with Crippen molar-refractivity contribution in [2.75, 3.05) is 51.3 Å². The molecule has 0 bridgehead atoms. The molecule has 6 nitrogen and oxygen atoms in total. The van der Waals surface area contributed by atoms with E-state index in [1.807, 2.05) is 30.9 Å². The number of ether oxygens (including phenoxy) is 1. The van der Waals surface area contributed by atoms with E-state index in [0.29, 0.717) is 18.2 Å². The Bertz CT molecular complexity index is 584. The molecule has 0 radical (unpaired) electrons. The van der Waals surface area contributed by atoms with Crippen LogP contribution in [0.4, 0.5) is 5.69 Å². The van der Waals surface area contributed by atoms with Gasteiger partial charge in [-0.15, -0.1) is 0 Å². The van der Waals surface area contributed by atoms with Gasteiger partial charge >= 0.3 is 5.97 Å². The number of hydrogen-bond donors (Lipinski definition) is 0. The zero-order valence-electron chi connectivity index (χ0n) is 15.7. The van der Waals surface area contributed by atoms with E-state index in [1.54, 1.807) is 12.1 Å². The maximum Gasteiger partial charge on any atom is 0.337 e. The molecule has 0 aliphatic carbocycles. The number of carbonyl (C=O) groups is 2. The third kappa shape index (κ3) is 4.72. The summed E-state index contributed by atoms with van der Waals surface area (Å²) in [5.41, 5.74) is 1.65. The van der Waals surface area contributed by atoms with E-state index in [2.05, 4.69) is 16.7 Å². The number of piperazine rings is 1. The molecule has 1 unspecified atom stereocenters. The second-order valence-corrected chi connectivity index (χ2v) is 6.37. The average Bonchev–Trinajstić information content (AvgIpc) is 2.64. The number of methoxy groups -OCH3 is 1. The van der Waals surface area contributed by atoms with Crippen LogP contribution in [0.25, 0.3) is 0 Å². The molecule has 1 aromatic rings. The van der Waals surface area contributed by atoms with Crippen molar-refractivity contribution in [3.63, 3.8) is 0 Å². The van der Waals surface area contributed by atoms with E-state index in [1.165, 1.54) is 7.11 Å². The maximum absolute atomic E-state index is 12.3. The molecule has 1 heterocycles. The second-order valence-electron chi connectivity index (χ2n) is 6.37. The first-order chi connectivity index (χ1) is 12.0. The van der Waals surface area contributed by atoms with Crippen LogP contribution in [0, 0.1) is 0 Å². The number of hydrogen-bond acceptors (Lipinski definition) is 5. The van der Waals surface area contributed by atoms with E-state index in [4.69, 9.17) is 4.74 Å². The lowest BCUT2D eigenvalue weighted by molar-refractivity contribution is -0.132. The van der Waals surface area contributed by atoms with Gasteiger partial charge in [-0.1, -0.05) is 0 Å². The first kappa shape index (κ1) is 19.2. The van der Waals surface area contributed by atoms with Crippen LogP contribution in [0.3, 0.4) is 0 Å². The molecule has 0 spiro atoms. The largest absolute Gasteiger partial charge is 0.465 e. The van der Waals surface area contributed by atoms with Crippen molar-refractivity contribution >= 4 is 17.6 Å². The van der Waals surface area contributed by atoms with Gasteiger partial charge in [-0.3, -0.25) is 9.69 Å². The molecule has 1 saturated heterocycles. The Morgan fingerprint density at radius 2 is 1.80 bits per heavy atom. The zero-order chi connectivity index (χ0) is 18.4. The summed E-state index contributed by atoms with van der Waals surface area (Å²) in [6.07, 6.45) is 0. The van der Waals surface area contributed by atoms with Gasteiger partial charge in [-0.05, 0) is 45.0 Å². The molecule has 0 N–H and O–H groups in total. The van der Waals surface area contributed by atoms with Crippen LogP contribution in [0.15, 0.2) is 24.3 Å². The van der Waals surface area contributed by atoms with Gasteiger partial charge in [0.1, 0.15) is 0 Å². The van der Waals surface area contributed by atoms with Crippen molar-refractivity contribution in [2.45, 2.75) is 26.8 Å². The third-order valence-electron chi connectivity index (χ3n) is 4.87. The molecule has 1 fully saturated rings. The molecule has 6 heteroatoms. The van der Waals surface area contributed by atoms with E-state index in [-0.39, 0.29) is 11.9 Å². The van der Waals surface area contributed by atoms with E-state index >= 15 is 0 Å². The smallest absolute Gasteiger partial charge is 0.337 e. The number of anilines is 1. The van der Waals surface area contributed by atoms with Crippen LogP contribution in [-0.4, -0.2) is 74.1 Å². The predicted molar refractivity (Wildman–Crippen MR) is 99.0 cm³/mol. The van der Waals surface area contributed by atoms with Crippen molar-refractivity contribution in [3.8, 4) is 0 Å². The fourth-order valence-electron chi connectivity index (χ4n) is 3.24. The Morgan fingerprint density at radius 1 is 1.16 bits per heavy atom.